The third-order valence-electron chi connectivity index (χ3n) is 2.98. The van der Waals surface area contributed by atoms with Crippen LogP contribution in [0, 0.1) is 0 Å². The molecular formula is C16H12N2O2S. The van der Waals surface area contributed by atoms with Crippen LogP contribution >= 0.6 is 11.3 Å². The van der Waals surface area contributed by atoms with Crippen molar-refractivity contribution in [3.63, 3.8) is 0 Å². The normalized spacial score (nSPS) is 10.5. The number of hydrogen-bond donors (Lipinski definition) is 1. The number of aromatic nitrogens is 1. The molecule has 0 atom stereocenters. The molecule has 0 aliphatic rings. The predicted molar refractivity (Wildman–Crippen MR) is 85.6 cm³/mol. The van der Waals surface area contributed by atoms with Crippen molar-refractivity contribution in [2.75, 3.05) is 5.32 Å². The summed E-state index contributed by atoms with van der Waals surface area (Å²) < 4.78 is 0.915. The summed E-state index contributed by atoms with van der Waals surface area (Å²) in [6.45, 7) is 1.46. The first kappa shape index (κ1) is 13.5. The first-order valence-corrected chi connectivity index (χ1v) is 7.23. The Morgan fingerprint density at radius 3 is 2.52 bits per heavy atom. The molecule has 0 aliphatic carbocycles. The Balaban J connectivity index is 2.04. The van der Waals surface area contributed by atoms with Crippen LogP contribution in [0.25, 0.3) is 20.7 Å². The fourth-order valence-corrected chi connectivity index (χ4v) is 3.04. The molecule has 5 heteroatoms. The van der Waals surface area contributed by atoms with Crippen molar-refractivity contribution in [1.29, 1.82) is 0 Å². The van der Waals surface area contributed by atoms with Gasteiger partial charge < -0.3 is 5.32 Å². The van der Waals surface area contributed by atoms with Crippen molar-refractivity contribution in [2.24, 2.45) is 0 Å². The monoisotopic (exact) mass is 296 g/mol. The second-order valence-electron chi connectivity index (χ2n) is 4.58. The molecule has 0 bridgehead atoms. The zero-order chi connectivity index (χ0) is 14.8. The number of rotatable bonds is 2. The molecule has 21 heavy (non-hydrogen) atoms. The molecule has 1 aromatic heterocycles. The number of anilines is 1. The van der Waals surface area contributed by atoms with Crippen LogP contribution in [0.3, 0.4) is 0 Å². The Morgan fingerprint density at radius 1 is 1.10 bits per heavy atom. The maximum Gasteiger partial charge on any atom is 0.279 e. The van der Waals surface area contributed by atoms with Crippen LogP contribution in [0.5, 0.6) is 0 Å². The predicted octanol–water partition coefficient (Wildman–Crippen LogP) is 3.28. The second-order valence-corrected chi connectivity index (χ2v) is 5.61. The van der Waals surface area contributed by atoms with Gasteiger partial charge in [-0.05, 0) is 36.4 Å². The molecule has 0 spiro atoms. The van der Waals surface area contributed by atoms with Crippen molar-refractivity contribution in [1.82, 2.24) is 4.98 Å². The van der Waals surface area contributed by atoms with Crippen molar-refractivity contribution < 1.29 is 4.79 Å². The quantitative estimate of drug-likeness (QED) is 0.789. The second kappa shape index (κ2) is 5.46. The van der Waals surface area contributed by atoms with Crippen molar-refractivity contribution in [2.45, 2.75) is 6.92 Å². The summed E-state index contributed by atoms with van der Waals surface area (Å²) in [4.78, 5) is 27.2. The van der Waals surface area contributed by atoms with Gasteiger partial charge in [-0.2, -0.15) is 4.98 Å². The number of amides is 1. The van der Waals surface area contributed by atoms with Gasteiger partial charge in [0.1, 0.15) is 5.01 Å². The highest BCUT2D eigenvalue weighted by molar-refractivity contribution is 7.21. The van der Waals surface area contributed by atoms with E-state index < -0.39 is 0 Å². The van der Waals surface area contributed by atoms with Gasteiger partial charge in [-0.1, -0.05) is 12.1 Å². The average molecular weight is 296 g/mol. The number of hydrogen-bond acceptors (Lipinski definition) is 4. The highest BCUT2D eigenvalue weighted by atomic mass is 32.1. The van der Waals surface area contributed by atoms with Gasteiger partial charge in [0, 0.05) is 22.9 Å². The Hall–Kier alpha value is -2.53. The lowest BCUT2D eigenvalue weighted by molar-refractivity contribution is -0.114. The summed E-state index contributed by atoms with van der Waals surface area (Å²) in [7, 11) is 0. The molecule has 0 fully saturated rings. The van der Waals surface area contributed by atoms with Crippen LogP contribution in [-0.4, -0.2) is 10.9 Å². The number of benzene rings is 2. The van der Waals surface area contributed by atoms with E-state index in [1.54, 1.807) is 18.2 Å². The van der Waals surface area contributed by atoms with E-state index in [9.17, 15) is 9.59 Å². The highest BCUT2D eigenvalue weighted by Gasteiger charge is 2.06. The summed E-state index contributed by atoms with van der Waals surface area (Å²) >= 11 is 1.48. The number of fused-ring (bicyclic) bond motifs is 1. The largest absolute Gasteiger partial charge is 0.326 e. The molecule has 0 radical (unpaired) electrons. The average Bonchev–Trinajstić information content (AvgIpc) is 2.47. The molecule has 1 amide bonds. The first-order valence-electron chi connectivity index (χ1n) is 6.41. The Labute approximate surface area is 125 Å². The number of carbonyl (C=O) groups is 1. The van der Waals surface area contributed by atoms with E-state index in [0.29, 0.717) is 10.4 Å². The molecule has 0 saturated carbocycles. The summed E-state index contributed by atoms with van der Waals surface area (Å²) in [5, 5.41) is 4.02. The van der Waals surface area contributed by atoms with Gasteiger partial charge in [0.05, 0.1) is 5.39 Å². The van der Waals surface area contributed by atoms with Crippen molar-refractivity contribution in [3.05, 3.63) is 58.9 Å². The van der Waals surface area contributed by atoms with Gasteiger partial charge >= 0.3 is 0 Å². The zero-order valence-corrected chi connectivity index (χ0v) is 12.1. The smallest absolute Gasteiger partial charge is 0.279 e. The molecule has 4 nitrogen and oxygen atoms in total. The number of nitrogens with one attached hydrogen (secondary N) is 1. The summed E-state index contributed by atoms with van der Waals surface area (Å²) in [5.74, 6) is -0.115. The van der Waals surface area contributed by atoms with Crippen molar-refractivity contribution >= 4 is 33.0 Å². The van der Waals surface area contributed by atoms with Gasteiger partial charge in [-0.25, -0.2) is 0 Å². The van der Waals surface area contributed by atoms with Gasteiger partial charge in [-0.3, -0.25) is 9.59 Å². The van der Waals surface area contributed by atoms with Crippen molar-refractivity contribution in [3.8, 4) is 10.6 Å². The highest BCUT2D eigenvalue weighted by Crippen LogP contribution is 2.26. The van der Waals surface area contributed by atoms with Crippen LogP contribution in [-0.2, 0) is 4.79 Å². The third-order valence-corrected chi connectivity index (χ3v) is 4.08. The summed E-state index contributed by atoms with van der Waals surface area (Å²) in [6.07, 6.45) is 0. The lowest BCUT2D eigenvalue weighted by Crippen LogP contribution is -2.06. The van der Waals surface area contributed by atoms with Crippen LogP contribution in [0.4, 0.5) is 5.69 Å². The standard InChI is InChI=1S/C16H12N2O2S/c1-10(19)17-12-8-6-11(7-9-12)16-18-15(20)13-4-2-3-5-14(13)21-16/h2-9H,1H3,(H,17,19). The number of carbonyl (C=O) groups excluding carboxylic acids is 1. The van der Waals surface area contributed by atoms with E-state index in [1.807, 2.05) is 30.3 Å². The number of nitrogens with zero attached hydrogens (tertiary/aromatic N) is 1. The molecule has 0 saturated heterocycles. The maximum absolute atomic E-state index is 12.0. The van der Waals surface area contributed by atoms with E-state index in [0.717, 1.165) is 16.0 Å². The zero-order valence-electron chi connectivity index (χ0n) is 11.3. The molecule has 2 aromatic carbocycles. The minimum atomic E-state index is -0.217. The molecule has 0 aliphatic heterocycles. The van der Waals surface area contributed by atoms with Crippen LogP contribution in [0.1, 0.15) is 6.92 Å². The SMILES string of the molecule is CC(=O)Nc1ccc(-c2nc(=O)c3ccccc3s2)cc1. The maximum atomic E-state index is 12.0. The Bertz CT molecular complexity index is 869. The fraction of sp³-hybridized carbons (Fsp3) is 0.0625. The fourth-order valence-electron chi connectivity index (χ4n) is 2.03. The first-order chi connectivity index (χ1) is 10.1. The molecule has 1 N–H and O–H groups in total. The molecule has 3 aromatic rings. The van der Waals surface area contributed by atoms with Crippen LogP contribution in [0.2, 0.25) is 0 Å². The summed E-state index contributed by atoms with van der Waals surface area (Å²) in [6, 6.07) is 14.7. The molecule has 104 valence electrons. The van der Waals surface area contributed by atoms with E-state index in [1.165, 1.54) is 18.3 Å². The Morgan fingerprint density at radius 2 is 1.81 bits per heavy atom. The van der Waals surface area contributed by atoms with Crippen LogP contribution < -0.4 is 10.9 Å². The summed E-state index contributed by atoms with van der Waals surface area (Å²) in [5.41, 5.74) is 1.36. The minimum absolute atomic E-state index is 0.115. The van der Waals surface area contributed by atoms with E-state index in [2.05, 4.69) is 10.3 Å². The molecule has 3 rings (SSSR count). The third kappa shape index (κ3) is 2.83. The van der Waals surface area contributed by atoms with Crippen LogP contribution in [0.15, 0.2) is 53.3 Å². The van der Waals surface area contributed by atoms with Gasteiger partial charge in [0.15, 0.2) is 0 Å². The molecular weight excluding hydrogens is 284 g/mol. The van der Waals surface area contributed by atoms with Gasteiger partial charge in [-0.15, -0.1) is 11.3 Å². The lowest BCUT2D eigenvalue weighted by Gasteiger charge is -2.04. The minimum Gasteiger partial charge on any atom is -0.326 e. The molecule has 0 unspecified atom stereocenters. The van der Waals surface area contributed by atoms with Gasteiger partial charge in [0.2, 0.25) is 5.91 Å². The molecule has 1 heterocycles. The van der Waals surface area contributed by atoms with Gasteiger partial charge in [0.25, 0.3) is 5.56 Å². The Kier molecular flexibility index (Phi) is 3.50. The topological polar surface area (TPSA) is 59.1 Å². The lowest BCUT2D eigenvalue weighted by atomic mass is 10.2. The van der Waals surface area contributed by atoms with E-state index in [-0.39, 0.29) is 11.5 Å². The van der Waals surface area contributed by atoms with E-state index >= 15 is 0 Å². The van der Waals surface area contributed by atoms with E-state index in [4.69, 9.17) is 0 Å².